The first kappa shape index (κ1) is 8.30. The van der Waals surface area contributed by atoms with E-state index in [1.54, 1.807) is 0 Å². The largest absolute Gasteiger partial charge is 0.584 e. The molecule has 3 nitrogen and oxygen atoms in total. The van der Waals surface area contributed by atoms with Crippen LogP contribution in [0.2, 0.25) is 0 Å². The Labute approximate surface area is 66.7 Å². The average molecular weight is 155 g/mol. The Morgan fingerprint density at radius 2 is 2.36 bits per heavy atom. The van der Waals surface area contributed by atoms with Crippen LogP contribution in [0.3, 0.4) is 0 Å². The summed E-state index contributed by atoms with van der Waals surface area (Å²) >= 11 is 0. The van der Waals surface area contributed by atoms with Gasteiger partial charge in [0.1, 0.15) is 12.7 Å². The van der Waals surface area contributed by atoms with Crippen molar-refractivity contribution in [3.8, 4) is 0 Å². The van der Waals surface area contributed by atoms with Crippen molar-refractivity contribution in [1.29, 1.82) is 0 Å². The summed E-state index contributed by atoms with van der Waals surface area (Å²) in [7, 11) is 0. The molecule has 0 radical (unpaired) electrons. The number of quaternary nitrogens is 1. The summed E-state index contributed by atoms with van der Waals surface area (Å²) in [5.74, 6) is 0. The van der Waals surface area contributed by atoms with Crippen LogP contribution in [0, 0.1) is 10.6 Å². The summed E-state index contributed by atoms with van der Waals surface area (Å²) in [4.78, 5) is 4.05. The van der Waals surface area contributed by atoms with Crippen molar-refractivity contribution < 1.29 is 9.65 Å². The first-order valence-corrected chi connectivity index (χ1v) is 3.56. The second-order valence-electron chi connectivity index (χ2n) is 3.46. The zero-order chi connectivity index (χ0) is 8.54. The lowest BCUT2D eigenvalue weighted by Crippen LogP contribution is -2.44. The van der Waals surface area contributed by atoms with Crippen molar-refractivity contribution in [2.24, 2.45) is 5.41 Å². The first-order valence-electron chi connectivity index (χ1n) is 3.56. The molecule has 0 aliphatic carbocycles. The molecule has 0 fully saturated rings. The van der Waals surface area contributed by atoms with Crippen LogP contribution in [-0.2, 0) is 4.84 Å². The molecule has 1 rings (SSSR count). The molecule has 1 aliphatic rings. The van der Waals surface area contributed by atoms with E-state index < -0.39 is 4.81 Å². The van der Waals surface area contributed by atoms with Gasteiger partial charge in [0.2, 0.25) is 0 Å². The Kier molecular flexibility index (Phi) is 1.78. The molecule has 1 aliphatic heterocycles. The van der Waals surface area contributed by atoms with E-state index >= 15 is 0 Å². The van der Waals surface area contributed by atoms with Crippen molar-refractivity contribution in [2.45, 2.75) is 13.8 Å². The van der Waals surface area contributed by atoms with Crippen molar-refractivity contribution in [3.05, 3.63) is 30.3 Å². The average Bonchev–Trinajstić information content (AvgIpc) is 1.85. The molecule has 0 amide bonds. The van der Waals surface area contributed by atoms with E-state index in [4.69, 9.17) is 4.84 Å². The molecular formula is C8H13NO2. The van der Waals surface area contributed by atoms with Gasteiger partial charge in [0, 0.05) is 5.41 Å². The van der Waals surface area contributed by atoms with Gasteiger partial charge in [-0.2, -0.15) is 0 Å². The van der Waals surface area contributed by atoms with Crippen LogP contribution in [0.4, 0.5) is 0 Å². The number of rotatable bonds is 1. The number of hydrogen-bond donors (Lipinski definition) is 0. The molecule has 0 saturated heterocycles. The molecule has 1 heterocycles. The van der Waals surface area contributed by atoms with Crippen molar-refractivity contribution in [1.82, 2.24) is 0 Å². The highest BCUT2D eigenvalue weighted by atomic mass is 16.9. The van der Waals surface area contributed by atoms with Crippen molar-refractivity contribution >= 4 is 0 Å². The lowest BCUT2D eigenvalue weighted by Gasteiger charge is -2.41. The SMILES string of the molecule is C=C[N+]1([O-])CC(C)(C)C=CO1. The molecule has 0 bridgehead atoms. The quantitative estimate of drug-likeness (QED) is 0.428. The van der Waals surface area contributed by atoms with E-state index in [0.29, 0.717) is 6.54 Å². The van der Waals surface area contributed by atoms with Gasteiger partial charge in [-0.25, -0.2) is 0 Å². The van der Waals surface area contributed by atoms with Gasteiger partial charge in [0.05, 0.1) is 0 Å². The highest BCUT2D eigenvalue weighted by Gasteiger charge is 2.30. The zero-order valence-electron chi connectivity index (χ0n) is 6.91. The van der Waals surface area contributed by atoms with E-state index in [1.807, 2.05) is 19.9 Å². The third kappa shape index (κ3) is 1.82. The van der Waals surface area contributed by atoms with Crippen LogP contribution in [0.1, 0.15) is 13.8 Å². The van der Waals surface area contributed by atoms with Gasteiger partial charge in [0.15, 0.2) is 6.26 Å². The fraction of sp³-hybridized carbons (Fsp3) is 0.500. The highest BCUT2D eigenvalue weighted by Crippen LogP contribution is 2.28. The Balaban J connectivity index is 2.80. The molecule has 0 spiro atoms. The first-order chi connectivity index (χ1) is 4.97. The van der Waals surface area contributed by atoms with Crippen LogP contribution in [0.25, 0.3) is 0 Å². The minimum atomic E-state index is -0.788. The van der Waals surface area contributed by atoms with E-state index in [0.717, 1.165) is 0 Å². The van der Waals surface area contributed by atoms with Crippen molar-refractivity contribution in [3.63, 3.8) is 0 Å². The molecule has 1 unspecified atom stereocenters. The maximum Gasteiger partial charge on any atom is 0.152 e. The smallest absolute Gasteiger partial charge is 0.152 e. The fourth-order valence-electron chi connectivity index (χ4n) is 1.08. The van der Waals surface area contributed by atoms with E-state index in [9.17, 15) is 5.21 Å². The Morgan fingerprint density at radius 1 is 1.73 bits per heavy atom. The van der Waals surface area contributed by atoms with Crippen LogP contribution in [0.5, 0.6) is 0 Å². The maximum atomic E-state index is 11.5. The highest BCUT2D eigenvalue weighted by molar-refractivity contribution is 4.93. The number of nitrogens with zero attached hydrogens (tertiary/aromatic N) is 1. The van der Waals surface area contributed by atoms with Gasteiger partial charge in [-0.05, 0) is 12.7 Å². The molecular weight excluding hydrogens is 142 g/mol. The summed E-state index contributed by atoms with van der Waals surface area (Å²) in [6.45, 7) is 7.78. The summed E-state index contributed by atoms with van der Waals surface area (Å²) in [5.41, 5.74) is -0.103. The van der Waals surface area contributed by atoms with Gasteiger partial charge in [-0.3, -0.25) is 0 Å². The summed E-state index contributed by atoms with van der Waals surface area (Å²) in [6.07, 6.45) is 4.58. The Hall–Kier alpha value is -0.800. The Morgan fingerprint density at radius 3 is 2.73 bits per heavy atom. The van der Waals surface area contributed by atoms with E-state index in [2.05, 4.69) is 6.58 Å². The predicted molar refractivity (Wildman–Crippen MR) is 42.7 cm³/mol. The molecule has 62 valence electrons. The third-order valence-electron chi connectivity index (χ3n) is 1.66. The predicted octanol–water partition coefficient (Wildman–Crippen LogP) is 1.93. The minimum Gasteiger partial charge on any atom is -0.584 e. The normalized spacial score (nSPS) is 34.5. The van der Waals surface area contributed by atoms with Gasteiger partial charge < -0.3 is 10.0 Å². The Bertz CT molecular complexity index is 198. The van der Waals surface area contributed by atoms with Crippen LogP contribution in [-0.4, -0.2) is 11.4 Å². The van der Waals surface area contributed by atoms with Gasteiger partial charge >= 0.3 is 0 Å². The second kappa shape index (κ2) is 2.36. The molecule has 0 aromatic heterocycles. The summed E-state index contributed by atoms with van der Waals surface area (Å²) < 4.78 is 0. The molecule has 0 saturated carbocycles. The van der Waals surface area contributed by atoms with E-state index in [1.165, 1.54) is 12.5 Å². The number of hydrogen-bond acceptors (Lipinski definition) is 2. The van der Waals surface area contributed by atoms with E-state index in [-0.39, 0.29) is 5.41 Å². The fourth-order valence-corrected chi connectivity index (χ4v) is 1.08. The molecule has 0 aromatic rings. The van der Waals surface area contributed by atoms with Crippen molar-refractivity contribution in [2.75, 3.05) is 6.54 Å². The molecule has 0 aromatic carbocycles. The summed E-state index contributed by atoms with van der Waals surface area (Å²) in [6, 6.07) is 0. The number of hydroxylamine groups is 4. The van der Waals surface area contributed by atoms with Gasteiger partial charge in [-0.1, -0.05) is 13.8 Å². The standard InChI is InChI=1S/C8H13NO2/c1-4-9(10)7-8(2,3)5-6-11-9/h4-6H,1,7H2,2-3H3. The third-order valence-corrected chi connectivity index (χ3v) is 1.66. The van der Waals surface area contributed by atoms with Gasteiger partial charge in [-0.15, -0.1) is 4.81 Å². The molecule has 0 N–H and O–H groups in total. The molecule has 3 heteroatoms. The second-order valence-corrected chi connectivity index (χ2v) is 3.46. The minimum absolute atomic E-state index is 0.103. The summed E-state index contributed by atoms with van der Waals surface area (Å²) in [5, 5.41) is 11.5. The van der Waals surface area contributed by atoms with Crippen LogP contribution in [0.15, 0.2) is 25.1 Å². The zero-order valence-corrected chi connectivity index (χ0v) is 6.91. The van der Waals surface area contributed by atoms with Gasteiger partial charge in [0.25, 0.3) is 0 Å². The molecule has 11 heavy (non-hydrogen) atoms. The maximum absolute atomic E-state index is 11.5. The van der Waals surface area contributed by atoms with Crippen LogP contribution < -0.4 is 0 Å². The monoisotopic (exact) mass is 155 g/mol. The topological polar surface area (TPSA) is 32.3 Å². The lowest BCUT2D eigenvalue weighted by atomic mass is 9.93. The molecule has 1 atom stereocenters. The van der Waals surface area contributed by atoms with Crippen LogP contribution >= 0.6 is 0 Å². The lowest BCUT2D eigenvalue weighted by molar-refractivity contribution is -1.02.